The predicted molar refractivity (Wildman–Crippen MR) is 103 cm³/mol. The summed E-state index contributed by atoms with van der Waals surface area (Å²) in [6.07, 6.45) is 3.61. The van der Waals surface area contributed by atoms with Crippen molar-refractivity contribution in [2.45, 2.75) is 44.2 Å². The van der Waals surface area contributed by atoms with Gasteiger partial charge in [-0.05, 0) is 50.7 Å². The summed E-state index contributed by atoms with van der Waals surface area (Å²) in [7, 11) is 0. The molecule has 1 heterocycles. The minimum absolute atomic E-state index is 0.0980. The van der Waals surface area contributed by atoms with Crippen LogP contribution in [0.4, 0.5) is 10.5 Å². The van der Waals surface area contributed by atoms with E-state index in [-0.39, 0.29) is 23.9 Å². The van der Waals surface area contributed by atoms with Crippen LogP contribution in [0, 0.1) is 17.2 Å². The molecule has 7 heteroatoms. The van der Waals surface area contributed by atoms with E-state index in [1.54, 1.807) is 0 Å². The molecule has 144 valence electrons. The van der Waals surface area contributed by atoms with Gasteiger partial charge < -0.3 is 16.0 Å². The molecular weight excluding hydrogens is 342 g/mol. The number of nitriles is 1. The molecule has 7 nitrogen and oxygen atoms in total. The van der Waals surface area contributed by atoms with Crippen molar-refractivity contribution in [3.63, 3.8) is 0 Å². The molecule has 0 radical (unpaired) electrons. The summed E-state index contributed by atoms with van der Waals surface area (Å²) >= 11 is 0. The molecule has 1 unspecified atom stereocenters. The van der Waals surface area contributed by atoms with Gasteiger partial charge >= 0.3 is 6.03 Å². The summed E-state index contributed by atoms with van der Waals surface area (Å²) in [6, 6.07) is 11.5. The van der Waals surface area contributed by atoms with Gasteiger partial charge in [-0.15, -0.1) is 0 Å². The number of carbonyl (C=O) groups excluding carboxylic acids is 2. The second kappa shape index (κ2) is 8.40. The van der Waals surface area contributed by atoms with Crippen molar-refractivity contribution in [2.75, 3.05) is 25.0 Å². The lowest BCUT2D eigenvalue weighted by atomic mass is 9.98. The Labute approximate surface area is 160 Å². The zero-order valence-corrected chi connectivity index (χ0v) is 15.7. The van der Waals surface area contributed by atoms with Gasteiger partial charge in [-0.3, -0.25) is 9.69 Å². The molecule has 2 aliphatic rings. The van der Waals surface area contributed by atoms with Gasteiger partial charge in [0, 0.05) is 24.8 Å². The van der Waals surface area contributed by atoms with E-state index < -0.39 is 5.54 Å². The van der Waals surface area contributed by atoms with Crippen molar-refractivity contribution in [1.82, 2.24) is 15.5 Å². The number of anilines is 1. The summed E-state index contributed by atoms with van der Waals surface area (Å²) in [5.74, 6) is 0.184. The fourth-order valence-corrected chi connectivity index (χ4v) is 3.52. The summed E-state index contributed by atoms with van der Waals surface area (Å²) in [5, 5.41) is 18.1. The summed E-state index contributed by atoms with van der Waals surface area (Å²) in [4.78, 5) is 26.4. The third-order valence-corrected chi connectivity index (χ3v) is 5.35. The van der Waals surface area contributed by atoms with Crippen molar-refractivity contribution in [1.29, 1.82) is 5.26 Å². The Kier molecular flexibility index (Phi) is 5.97. The molecule has 1 aliphatic heterocycles. The molecule has 3 N–H and O–H groups in total. The molecule has 1 saturated carbocycles. The maximum absolute atomic E-state index is 12.3. The summed E-state index contributed by atoms with van der Waals surface area (Å²) in [6.45, 7) is 3.60. The third-order valence-electron chi connectivity index (χ3n) is 5.35. The first kappa shape index (κ1) is 19.2. The van der Waals surface area contributed by atoms with Crippen molar-refractivity contribution < 1.29 is 9.59 Å². The number of carbonyl (C=O) groups is 2. The van der Waals surface area contributed by atoms with Gasteiger partial charge in [-0.25, -0.2) is 4.79 Å². The standard InChI is InChI=1S/C20H27N5O2/c1-20(14-21,15-7-8-15)24-18(26)13-25-11-9-17(10-12-25)23-19(27)22-16-5-3-2-4-6-16/h2-6,15,17H,7-13H2,1H3,(H,24,26)(H2,22,23,27). The van der Waals surface area contributed by atoms with E-state index in [2.05, 4.69) is 26.9 Å². The fraction of sp³-hybridized carbons (Fsp3) is 0.550. The van der Waals surface area contributed by atoms with Crippen LogP contribution < -0.4 is 16.0 Å². The van der Waals surface area contributed by atoms with Crippen molar-refractivity contribution >= 4 is 17.6 Å². The molecule has 1 aliphatic carbocycles. The highest BCUT2D eigenvalue weighted by Gasteiger charge is 2.43. The van der Waals surface area contributed by atoms with Crippen LogP contribution in [-0.4, -0.2) is 48.1 Å². The van der Waals surface area contributed by atoms with Crippen molar-refractivity contribution in [3.8, 4) is 6.07 Å². The van der Waals surface area contributed by atoms with Crippen LogP contribution in [0.5, 0.6) is 0 Å². The number of likely N-dealkylation sites (tertiary alicyclic amines) is 1. The fourth-order valence-electron chi connectivity index (χ4n) is 3.52. The molecule has 1 atom stereocenters. The Hall–Kier alpha value is -2.59. The van der Waals surface area contributed by atoms with Gasteiger partial charge in [-0.1, -0.05) is 18.2 Å². The van der Waals surface area contributed by atoms with Crippen molar-refractivity contribution in [3.05, 3.63) is 30.3 Å². The van der Waals surface area contributed by atoms with E-state index in [4.69, 9.17) is 0 Å². The summed E-state index contributed by atoms with van der Waals surface area (Å²) in [5.41, 5.74) is 0.0206. The summed E-state index contributed by atoms with van der Waals surface area (Å²) < 4.78 is 0. The molecule has 3 rings (SSSR count). The van der Waals surface area contributed by atoms with Crippen LogP contribution in [-0.2, 0) is 4.79 Å². The van der Waals surface area contributed by atoms with E-state index in [0.29, 0.717) is 6.54 Å². The zero-order valence-electron chi connectivity index (χ0n) is 15.7. The smallest absolute Gasteiger partial charge is 0.319 e. The molecular formula is C20H27N5O2. The van der Waals surface area contributed by atoms with Crippen LogP contribution in [0.1, 0.15) is 32.6 Å². The first-order chi connectivity index (χ1) is 13.0. The predicted octanol–water partition coefficient (Wildman–Crippen LogP) is 2.08. The molecule has 3 amide bonds. The minimum atomic E-state index is -0.744. The lowest BCUT2D eigenvalue weighted by molar-refractivity contribution is -0.124. The lowest BCUT2D eigenvalue weighted by Crippen LogP contribution is -2.52. The average Bonchev–Trinajstić information content (AvgIpc) is 3.49. The topological polar surface area (TPSA) is 97.3 Å². The quantitative estimate of drug-likeness (QED) is 0.715. The maximum atomic E-state index is 12.3. The number of piperidine rings is 1. The van der Waals surface area contributed by atoms with Crippen LogP contribution in [0.25, 0.3) is 0 Å². The van der Waals surface area contributed by atoms with Gasteiger partial charge in [0.05, 0.1) is 12.6 Å². The molecule has 0 bridgehead atoms. The Morgan fingerprint density at radius 1 is 1.19 bits per heavy atom. The second-order valence-corrected chi connectivity index (χ2v) is 7.65. The first-order valence-electron chi connectivity index (χ1n) is 9.56. The zero-order chi connectivity index (χ0) is 19.3. The van der Waals surface area contributed by atoms with Gasteiger partial charge in [0.1, 0.15) is 5.54 Å². The molecule has 1 saturated heterocycles. The minimum Gasteiger partial charge on any atom is -0.337 e. The van der Waals surface area contributed by atoms with Crippen LogP contribution in [0.2, 0.25) is 0 Å². The monoisotopic (exact) mass is 369 g/mol. The molecule has 1 aromatic rings. The number of nitrogens with zero attached hydrogens (tertiary/aromatic N) is 2. The normalized spacial score (nSPS) is 20.1. The van der Waals surface area contributed by atoms with Crippen LogP contribution in [0.3, 0.4) is 0 Å². The third kappa shape index (κ3) is 5.44. The van der Waals surface area contributed by atoms with Crippen molar-refractivity contribution in [2.24, 2.45) is 5.92 Å². The Bertz CT molecular complexity index is 705. The SMILES string of the molecule is CC(C#N)(NC(=O)CN1CCC(NC(=O)Nc2ccccc2)CC1)C1CC1. The van der Waals surface area contributed by atoms with E-state index in [0.717, 1.165) is 44.5 Å². The van der Waals surface area contributed by atoms with E-state index >= 15 is 0 Å². The molecule has 27 heavy (non-hydrogen) atoms. The average molecular weight is 369 g/mol. The van der Waals surface area contributed by atoms with E-state index in [1.165, 1.54) is 0 Å². The largest absolute Gasteiger partial charge is 0.337 e. The van der Waals surface area contributed by atoms with Crippen LogP contribution >= 0.6 is 0 Å². The molecule has 0 spiro atoms. The van der Waals surface area contributed by atoms with Crippen LogP contribution in [0.15, 0.2) is 30.3 Å². The number of urea groups is 1. The first-order valence-corrected chi connectivity index (χ1v) is 9.56. The number of para-hydroxylation sites is 1. The molecule has 0 aromatic heterocycles. The molecule has 1 aromatic carbocycles. The number of nitrogens with one attached hydrogen (secondary N) is 3. The number of amides is 3. The highest BCUT2D eigenvalue weighted by Crippen LogP contribution is 2.39. The Balaban J connectivity index is 1.38. The highest BCUT2D eigenvalue weighted by molar-refractivity contribution is 5.89. The lowest BCUT2D eigenvalue weighted by Gasteiger charge is -2.32. The second-order valence-electron chi connectivity index (χ2n) is 7.65. The maximum Gasteiger partial charge on any atom is 0.319 e. The Morgan fingerprint density at radius 2 is 1.85 bits per heavy atom. The number of benzene rings is 1. The highest BCUT2D eigenvalue weighted by atomic mass is 16.2. The van der Waals surface area contributed by atoms with Gasteiger partial charge in [0.2, 0.25) is 5.91 Å². The number of hydrogen-bond donors (Lipinski definition) is 3. The Morgan fingerprint density at radius 3 is 2.44 bits per heavy atom. The van der Waals surface area contributed by atoms with Gasteiger partial charge in [0.15, 0.2) is 0 Å². The van der Waals surface area contributed by atoms with Gasteiger partial charge in [-0.2, -0.15) is 5.26 Å². The van der Waals surface area contributed by atoms with E-state index in [1.807, 2.05) is 37.3 Å². The van der Waals surface area contributed by atoms with Gasteiger partial charge in [0.25, 0.3) is 0 Å². The van der Waals surface area contributed by atoms with E-state index in [9.17, 15) is 14.9 Å². The number of rotatable bonds is 6. The number of hydrogen-bond acceptors (Lipinski definition) is 4. The molecule has 2 fully saturated rings.